The summed E-state index contributed by atoms with van der Waals surface area (Å²) in [5.41, 5.74) is 2.91. The third-order valence-electron chi connectivity index (χ3n) is 4.72. The van der Waals surface area contributed by atoms with Gasteiger partial charge in [-0.3, -0.25) is 14.4 Å². The Labute approximate surface area is 157 Å². The normalized spacial score (nSPS) is 13.2. The molecule has 1 aliphatic rings. The number of carbonyl (C=O) groups excluding carboxylic acids is 3. The van der Waals surface area contributed by atoms with Gasteiger partial charge in [0.1, 0.15) is 5.75 Å². The van der Waals surface area contributed by atoms with Crippen molar-refractivity contribution in [2.45, 2.75) is 26.8 Å². The number of benzene rings is 2. The van der Waals surface area contributed by atoms with Gasteiger partial charge in [0.15, 0.2) is 6.29 Å². The lowest BCUT2D eigenvalue weighted by Gasteiger charge is -2.29. The third kappa shape index (κ3) is 3.84. The molecule has 6 nitrogen and oxygen atoms in total. The monoisotopic (exact) mass is 366 g/mol. The van der Waals surface area contributed by atoms with E-state index >= 15 is 0 Å². The van der Waals surface area contributed by atoms with Crippen molar-refractivity contribution >= 4 is 23.8 Å². The van der Waals surface area contributed by atoms with Crippen LogP contribution in [0.25, 0.3) is 0 Å². The largest absolute Gasteiger partial charge is 0.507 e. The van der Waals surface area contributed by atoms with E-state index in [0.717, 1.165) is 11.1 Å². The van der Waals surface area contributed by atoms with E-state index in [1.807, 2.05) is 0 Å². The minimum atomic E-state index is -0.146. The molecule has 0 atom stereocenters. The number of phenolic OH excluding ortho intramolecular Hbond substituents is 1. The number of anilines is 1. The van der Waals surface area contributed by atoms with Crippen molar-refractivity contribution in [1.82, 2.24) is 4.90 Å². The Morgan fingerprint density at radius 2 is 2.00 bits per heavy atom. The summed E-state index contributed by atoms with van der Waals surface area (Å²) in [5.74, 6) is -0.381. The van der Waals surface area contributed by atoms with Gasteiger partial charge >= 0.3 is 0 Å². The van der Waals surface area contributed by atoms with E-state index in [9.17, 15) is 19.5 Å². The summed E-state index contributed by atoms with van der Waals surface area (Å²) in [6.45, 7) is 4.43. The predicted octanol–water partition coefficient (Wildman–Crippen LogP) is 3.00. The van der Waals surface area contributed by atoms with Crippen molar-refractivity contribution in [2.24, 2.45) is 5.92 Å². The summed E-state index contributed by atoms with van der Waals surface area (Å²) < 4.78 is 0. The second-order valence-electron chi connectivity index (χ2n) is 6.96. The molecule has 0 aromatic heterocycles. The number of hydrogen-bond acceptors (Lipinski definition) is 4. The molecule has 2 aromatic rings. The molecule has 0 spiro atoms. The lowest BCUT2D eigenvalue weighted by atomic mass is 9.95. The predicted molar refractivity (Wildman–Crippen MR) is 102 cm³/mol. The van der Waals surface area contributed by atoms with Gasteiger partial charge in [0, 0.05) is 35.8 Å². The molecular weight excluding hydrogens is 344 g/mol. The van der Waals surface area contributed by atoms with Gasteiger partial charge in [0.25, 0.3) is 5.91 Å². The lowest BCUT2D eigenvalue weighted by Crippen LogP contribution is -2.36. The molecule has 0 aliphatic carbocycles. The summed E-state index contributed by atoms with van der Waals surface area (Å²) >= 11 is 0. The number of aromatic hydroxyl groups is 1. The zero-order chi connectivity index (χ0) is 19.6. The number of phenols is 1. The van der Waals surface area contributed by atoms with Crippen molar-refractivity contribution in [3.8, 4) is 5.75 Å². The molecule has 2 N–H and O–H groups in total. The van der Waals surface area contributed by atoms with Gasteiger partial charge in [0.05, 0.1) is 5.56 Å². The molecule has 2 aromatic carbocycles. The summed E-state index contributed by atoms with van der Waals surface area (Å²) in [5, 5.41) is 13.0. The molecule has 2 amide bonds. The number of nitrogens with zero attached hydrogens (tertiary/aromatic N) is 1. The summed E-state index contributed by atoms with van der Waals surface area (Å²) in [4.78, 5) is 37.4. The van der Waals surface area contributed by atoms with E-state index in [-0.39, 0.29) is 29.0 Å². The van der Waals surface area contributed by atoms with Crippen molar-refractivity contribution in [1.29, 1.82) is 0 Å². The van der Waals surface area contributed by atoms with E-state index in [2.05, 4.69) is 5.32 Å². The highest BCUT2D eigenvalue weighted by molar-refractivity contribution is 5.97. The minimum absolute atomic E-state index is 0.00740. The fourth-order valence-electron chi connectivity index (χ4n) is 3.12. The van der Waals surface area contributed by atoms with E-state index in [4.69, 9.17) is 0 Å². The van der Waals surface area contributed by atoms with Crippen LogP contribution in [0.1, 0.15) is 45.7 Å². The van der Waals surface area contributed by atoms with Crippen LogP contribution in [0, 0.1) is 5.92 Å². The number of fused-ring (bicyclic) bond motifs is 1. The molecule has 0 unspecified atom stereocenters. The summed E-state index contributed by atoms with van der Waals surface area (Å²) in [7, 11) is 0. The highest BCUT2D eigenvalue weighted by atomic mass is 16.3. The first-order chi connectivity index (χ1) is 12.9. The lowest BCUT2D eigenvalue weighted by molar-refractivity contribution is -0.118. The maximum atomic E-state index is 12.9. The van der Waals surface area contributed by atoms with Gasteiger partial charge in [-0.1, -0.05) is 26.0 Å². The van der Waals surface area contributed by atoms with Crippen LogP contribution >= 0.6 is 0 Å². The van der Waals surface area contributed by atoms with Crippen LogP contribution in [0.2, 0.25) is 0 Å². The minimum Gasteiger partial charge on any atom is -0.507 e. The fraction of sp³-hybridized carbons (Fsp3) is 0.286. The fourth-order valence-corrected chi connectivity index (χ4v) is 3.12. The quantitative estimate of drug-likeness (QED) is 0.815. The van der Waals surface area contributed by atoms with Gasteiger partial charge in [-0.2, -0.15) is 0 Å². The van der Waals surface area contributed by atoms with E-state index in [0.29, 0.717) is 37.0 Å². The molecular formula is C21H22N2O4. The Kier molecular flexibility index (Phi) is 5.26. The topological polar surface area (TPSA) is 86.7 Å². The van der Waals surface area contributed by atoms with Gasteiger partial charge in [-0.05, 0) is 36.2 Å². The average molecular weight is 366 g/mol. The molecule has 1 heterocycles. The van der Waals surface area contributed by atoms with E-state index in [1.165, 1.54) is 0 Å². The van der Waals surface area contributed by atoms with E-state index in [1.54, 1.807) is 55.1 Å². The van der Waals surface area contributed by atoms with Crippen molar-refractivity contribution in [3.63, 3.8) is 0 Å². The molecule has 0 saturated carbocycles. The van der Waals surface area contributed by atoms with Gasteiger partial charge in [-0.15, -0.1) is 0 Å². The molecule has 0 bridgehead atoms. The molecule has 0 radical (unpaired) electrons. The van der Waals surface area contributed by atoms with Crippen LogP contribution in [0.3, 0.4) is 0 Å². The number of aldehydes is 1. The van der Waals surface area contributed by atoms with Crippen LogP contribution in [0.5, 0.6) is 5.75 Å². The van der Waals surface area contributed by atoms with Crippen molar-refractivity contribution in [3.05, 3.63) is 58.7 Å². The molecule has 0 saturated heterocycles. The van der Waals surface area contributed by atoms with Crippen molar-refractivity contribution < 1.29 is 19.5 Å². The standard InChI is InChI=1S/C21H22N2O4/c1-13(2)20(26)22-17-5-3-4-14(10-17)21(27)23-9-8-18-15(11-23)6-7-16(12-24)19(18)25/h3-7,10,12-13,25H,8-9,11H2,1-2H3,(H,22,26). The number of hydrogen-bond donors (Lipinski definition) is 2. The first-order valence-electron chi connectivity index (χ1n) is 8.89. The van der Waals surface area contributed by atoms with Crippen molar-refractivity contribution in [2.75, 3.05) is 11.9 Å². The van der Waals surface area contributed by atoms with Crippen LogP contribution in [-0.2, 0) is 17.8 Å². The Hall–Kier alpha value is -3.15. The molecule has 140 valence electrons. The maximum absolute atomic E-state index is 12.9. The Morgan fingerprint density at radius 3 is 2.70 bits per heavy atom. The molecule has 1 aliphatic heterocycles. The number of carbonyl (C=O) groups is 3. The number of amides is 2. The zero-order valence-electron chi connectivity index (χ0n) is 15.4. The Bertz CT molecular complexity index is 905. The first kappa shape index (κ1) is 18.6. The van der Waals surface area contributed by atoms with Crippen LogP contribution in [0.15, 0.2) is 36.4 Å². The number of rotatable bonds is 4. The zero-order valence-corrected chi connectivity index (χ0v) is 15.4. The number of nitrogens with one attached hydrogen (secondary N) is 1. The Balaban J connectivity index is 1.78. The smallest absolute Gasteiger partial charge is 0.254 e. The maximum Gasteiger partial charge on any atom is 0.254 e. The van der Waals surface area contributed by atoms with Gasteiger partial charge < -0.3 is 15.3 Å². The molecule has 6 heteroatoms. The van der Waals surface area contributed by atoms with Crippen LogP contribution in [0.4, 0.5) is 5.69 Å². The SMILES string of the molecule is CC(C)C(=O)Nc1cccc(C(=O)N2CCc3c(ccc(C=O)c3O)C2)c1. The molecule has 3 rings (SSSR count). The molecule has 27 heavy (non-hydrogen) atoms. The summed E-state index contributed by atoms with van der Waals surface area (Å²) in [6, 6.07) is 10.2. The highest BCUT2D eigenvalue weighted by Crippen LogP contribution is 2.30. The highest BCUT2D eigenvalue weighted by Gasteiger charge is 2.25. The first-order valence-corrected chi connectivity index (χ1v) is 8.89. The summed E-state index contributed by atoms with van der Waals surface area (Å²) in [6.07, 6.45) is 1.11. The Morgan fingerprint density at radius 1 is 1.22 bits per heavy atom. The average Bonchev–Trinajstić information content (AvgIpc) is 2.67. The van der Waals surface area contributed by atoms with Gasteiger partial charge in [0.2, 0.25) is 5.91 Å². The van der Waals surface area contributed by atoms with Gasteiger partial charge in [-0.25, -0.2) is 0 Å². The second kappa shape index (κ2) is 7.61. The van der Waals surface area contributed by atoms with Crippen LogP contribution < -0.4 is 5.32 Å². The van der Waals surface area contributed by atoms with Crippen LogP contribution in [-0.4, -0.2) is 34.7 Å². The second-order valence-corrected chi connectivity index (χ2v) is 6.96. The molecule has 0 fully saturated rings. The van der Waals surface area contributed by atoms with E-state index < -0.39 is 0 Å². The third-order valence-corrected chi connectivity index (χ3v) is 4.72.